The van der Waals surface area contributed by atoms with Gasteiger partial charge < -0.3 is 5.11 Å². The molecule has 0 bridgehead atoms. The zero-order valence-corrected chi connectivity index (χ0v) is 10.2. The van der Waals surface area contributed by atoms with Crippen LogP contribution in [-0.4, -0.2) is 34.7 Å². The van der Waals surface area contributed by atoms with E-state index in [0.29, 0.717) is 5.92 Å². The third-order valence-corrected chi connectivity index (χ3v) is 4.58. The molecule has 1 atom stereocenters. The fourth-order valence-electron chi connectivity index (χ4n) is 3.32. The standard InChI is InChI=1S/C13H25NO/c1-3-13(4-2,12(15)11-7-8-11)14-9-5-6-10-14/h11-12,15H,3-10H2,1-2H3. The molecule has 15 heavy (non-hydrogen) atoms. The maximum atomic E-state index is 10.5. The number of hydrogen-bond acceptors (Lipinski definition) is 2. The van der Waals surface area contributed by atoms with Crippen LogP contribution in [0.2, 0.25) is 0 Å². The summed E-state index contributed by atoms with van der Waals surface area (Å²) in [6, 6.07) is 0. The third-order valence-electron chi connectivity index (χ3n) is 4.58. The molecule has 1 saturated carbocycles. The van der Waals surface area contributed by atoms with Gasteiger partial charge in [0.15, 0.2) is 0 Å². The number of aliphatic hydroxyl groups excluding tert-OH is 1. The molecule has 0 spiro atoms. The van der Waals surface area contributed by atoms with Gasteiger partial charge in [-0.15, -0.1) is 0 Å². The molecule has 0 aromatic rings. The van der Waals surface area contributed by atoms with Gasteiger partial charge in [0.2, 0.25) is 0 Å². The lowest BCUT2D eigenvalue weighted by Gasteiger charge is -2.44. The van der Waals surface area contributed by atoms with E-state index in [-0.39, 0.29) is 11.6 Å². The molecule has 1 aliphatic heterocycles. The summed E-state index contributed by atoms with van der Waals surface area (Å²) in [5.74, 6) is 0.602. The molecule has 2 rings (SSSR count). The predicted molar refractivity (Wildman–Crippen MR) is 62.9 cm³/mol. The SMILES string of the molecule is CCC(CC)(C(O)C1CC1)N1CCCC1. The Bertz CT molecular complexity index is 199. The summed E-state index contributed by atoms with van der Waals surface area (Å²) < 4.78 is 0. The molecule has 1 heterocycles. The van der Waals surface area contributed by atoms with E-state index in [2.05, 4.69) is 18.7 Å². The normalized spacial score (nSPS) is 25.8. The molecule has 1 unspecified atom stereocenters. The monoisotopic (exact) mass is 211 g/mol. The second kappa shape index (κ2) is 4.42. The van der Waals surface area contributed by atoms with Crippen LogP contribution in [-0.2, 0) is 0 Å². The van der Waals surface area contributed by atoms with Gasteiger partial charge in [-0.25, -0.2) is 0 Å². The molecule has 0 aromatic carbocycles. The number of likely N-dealkylation sites (tertiary alicyclic amines) is 1. The Balaban J connectivity index is 2.12. The number of hydrogen-bond donors (Lipinski definition) is 1. The van der Waals surface area contributed by atoms with Crippen molar-refractivity contribution in [2.45, 2.75) is 64.0 Å². The minimum Gasteiger partial charge on any atom is -0.391 e. The molecule has 2 nitrogen and oxygen atoms in total. The molecule has 88 valence electrons. The van der Waals surface area contributed by atoms with Crippen molar-refractivity contribution in [1.29, 1.82) is 0 Å². The van der Waals surface area contributed by atoms with Crippen LogP contribution in [0.25, 0.3) is 0 Å². The molecule has 0 aromatic heterocycles. The van der Waals surface area contributed by atoms with E-state index < -0.39 is 0 Å². The van der Waals surface area contributed by atoms with Crippen LogP contribution in [0.4, 0.5) is 0 Å². The van der Waals surface area contributed by atoms with E-state index in [1.54, 1.807) is 0 Å². The largest absolute Gasteiger partial charge is 0.391 e. The molecular formula is C13H25NO. The first-order valence-corrected chi connectivity index (χ1v) is 6.67. The van der Waals surface area contributed by atoms with E-state index in [1.807, 2.05) is 0 Å². The highest BCUT2D eigenvalue weighted by Crippen LogP contribution is 2.43. The molecule has 2 fully saturated rings. The topological polar surface area (TPSA) is 23.5 Å². The van der Waals surface area contributed by atoms with Crippen LogP contribution >= 0.6 is 0 Å². The molecule has 0 amide bonds. The lowest BCUT2D eigenvalue weighted by atomic mass is 9.82. The Morgan fingerprint density at radius 3 is 2.13 bits per heavy atom. The second-order valence-corrected chi connectivity index (χ2v) is 5.29. The first-order valence-electron chi connectivity index (χ1n) is 6.67. The Morgan fingerprint density at radius 1 is 1.20 bits per heavy atom. The van der Waals surface area contributed by atoms with Gasteiger partial charge in [0.05, 0.1) is 6.10 Å². The van der Waals surface area contributed by atoms with Gasteiger partial charge >= 0.3 is 0 Å². The fourth-order valence-corrected chi connectivity index (χ4v) is 3.32. The highest BCUT2D eigenvalue weighted by Gasteiger charge is 2.47. The maximum absolute atomic E-state index is 10.5. The maximum Gasteiger partial charge on any atom is 0.0751 e. The molecule has 1 aliphatic carbocycles. The quantitative estimate of drug-likeness (QED) is 0.755. The third kappa shape index (κ3) is 1.94. The van der Waals surface area contributed by atoms with Gasteiger partial charge in [-0.05, 0) is 57.5 Å². The van der Waals surface area contributed by atoms with Crippen molar-refractivity contribution in [2.75, 3.05) is 13.1 Å². The van der Waals surface area contributed by atoms with Crippen LogP contribution in [0.3, 0.4) is 0 Å². The van der Waals surface area contributed by atoms with E-state index in [1.165, 1.54) is 38.8 Å². The second-order valence-electron chi connectivity index (χ2n) is 5.29. The minimum absolute atomic E-state index is 0.0781. The zero-order valence-electron chi connectivity index (χ0n) is 10.2. The van der Waals surface area contributed by atoms with Crippen LogP contribution in [0.1, 0.15) is 52.4 Å². The van der Waals surface area contributed by atoms with Crippen molar-refractivity contribution in [2.24, 2.45) is 5.92 Å². The number of aliphatic hydroxyl groups is 1. The van der Waals surface area contributed by atoms with Gasteiger partial charge in [0.1, 0.15) is 0 Å². The average molecular weight is 211 g/mol. The van der Waals surface area contributed by atoms with Gasteiger partial charge in [-0.1, -0.05) is 13.8 Å². The Hall–Kier alpha value is -0.0800. The Labute approximate surface area is 93.7 Å². The van der Waals surface area contributed by atoms with Gasteiger partial charge in [0, 0.05) is 5.54 Å². The first-order chi connectivity index (χ1) is 7.24. The highest BCUT2D eigenvalue weighted by atomic mass is 16.3. The van der Waals surface area contributed by atoms with Crippen LogP contribution in [0.15, 0.2) is 0 Å². The Morgan fingerprint density at radius 2 is 1.73 bits per heavy atom. The number of rotatable bonds is 5. The highest BCUT2D eigenvalue weighted by molar-refractivity contribution is 5.02. The average Bonchev–Trinajstić information content (AvgIpc) is 2.98. The van der Waals surface area contributed by atoms with Crippen molar-refractivity contribution in [1.82, 2.24) is 4.90 Å². The lowest BCUT2D eigenvalue weighted by Crippen LogP contribution is -2.55. The summed E-state index contributed by atoms with van der Waals surface area (Å²) in [6.45, 7) is 6.89. The zero-order chi connectivity index (χ0) is 10.9. The lowest BCUT2D eigenvalue weighted by molar-refractivity contribution is -0.0391. The minimum atomic E-state index is -0.0781. The summed E-state index contributed by atoms with van der Waals surface area (Å²) >= 11 is 0. The fraction of sp³-hybridized carbons (Fsp3) is 1.00. The van der Waals surface area contributed by atoms with E-state index >= 15 is 0 Å². The van der Waals surface area contributed by atoms with Crippen molar-refractivity contribution in [3.8, 4) is 0 Å². The van der Waals surface area contributed by atoms with Crippen molar-refractivity contribution in [3.63, 3.8) is 0 Å². The summed E-state index contributed by atoms with van der Waals surface area (Å²) in [6.07, 6.45) is 7.25. The van der Waals surface area contributed by atoms with Gasteiger partial charge in [-0.3, -0.25) is 4.90 Å². The smallest absolute Gasteiger partial charge is 0.0751 e. The Kier molecular flexibility index (Phi) is 3.36. The molecular weight excluding hydrogens is 186 g/mol. The van der Waals surface area contributed by atoms with E-state index in [4.69, 9.17) is 0 Å². The summed E-state index contributed by atoms with van der Waals surface area (Å²) in [5, 5.41) is 10.5. The van der Waals surface area contributed by atoms with Crippen molar-refractivity contribution in [3.05, 3.63) is 0 Å². The molecule has 2 heteroatoms. The summed E-state index contributed by atoms with van der Waals surface area (Å²) in [7, 11) is 0. The molecule has 0 radical (unpaired) electrons. The van der Waals surface area contributed by atoms with Crippen molar-refractivity contribution >= 4 is 0 Å². The van der Waals surface area contributed by atoms with E-state index in [9.17, 15) is 5.11 Å². The number of nitrogens with zero attached hydrogens (tertiary/aromatic N) is 1. The van der Waals surface area contributed by atoms with Gasteiger partial charge in [0.25, 0.3) is 0 Å². The van der Waals surface area contributed by atoms with E-state index in [0.717, 1.165) is 12.8 Å². The molecule has 2 aliphatic rings. The van der Waals surface area contributed by atoms with Gasteiger partial charge in [-0.2, -0.15) is 0 Å². The van der Waals surface area contributed by atoms with Crippen LogP contribution in [0.5, 0.6) is 0 Å². The molecule has 1 N–H and O–H groups in total. The summed E-state index contributed by atoms with van der Waals surface area (Å²) in [5.41, 5.74) is 0.0949. The first kappa shape index (κ1) is 11.4. The van der Waals surface area contributed by atoms with Crippen LogP contribution < -0.4 is 0 Å². The predicted octanol–water partition coefficient (Wildman–Crippen LogP) is 2.41. The van der Waals surface area contributed by atoms with Crippen LogP contribution in [0, 0.1) is 5.92 Å². The van der Waals surface area contributed by atoms with Crippen molar-refractivity contribution < 1.29 is 5.11 Å². The molecule has 1 saturated heterocycles. The summed E-state index contributed by atoms with van der Waals surface area (Å²) in [4.78, 5) is 2.57.